The lowest BCUT2D eigenvalue weighted by Gasteiger charge is -2.19. The lowest BCUT2D eigenvalue weighted by Crippen LogP contribution is -2.05. The molecule has 92 valence electrons. The molecule has 0 aliphatic carbocycles. The third kappa shape index (κ3) is 8.52. The lowest BCUT2D eigenvalue weighted by atomic mass is 9.87. The van der Waals surface area contributed by atoms with Gasteiger partial charge in [-0.25, -0.2) is 0 Å². The second-order valence-electron chi connectivity index (χ2n) is 6.05. The summed E-state index contributed by atoms with van der Waals surface area (Å²) in [7, 11) is 0. The van der Waals surface area contributed by atoms with Crippen LogP contribution in [-0.4, -0.2) is 0 Å². The molecule has 0 aliphatic heterocycles. The first-order valence-corrected chi connectivity index (χ1v) is 6.29. The number of hydrogen-bond donors (Lipinski definition) is 0. The van der Waals surface area contributed by atoms with Crippen LogP contribution in [0.15, 0.2) is 36.0 Å². The maximum absolute atomic E-state index is 3.96. The molecular weight excluding hydrogens is 192 g/mol. The zero-order valence-electron chi connectivity index (χ0n) is 11.9. The SMILES string of the molecule is C=C(C)/C=C(\C=C/C(C)CC)CC(C)(C)C. The van der Waals surface area contributed by atoms with Crippen LogP contribution in [0.5, 0.6) is 0 Å². The fourth-order valence-corrected chi connectivity index (χ4v) is 1.51. The van der Waals surface area contributed by atoms with Crippen molar-refractivity contribution < 1.29 is 0 Å². The van der Waals surface area contributed by atoms with E-state index in [1.54, 1.807) is 0 Å². The van der Waals surface area contributed by atoms with E-state index in [1.807, 2.05) is 0 Å². The molecule has 0 amide bonds. The monoisotopic (exact) mass is 220 g/mol. The molecule has 0 nitrogen and oxygen atoms in total. The molecule has 1 atom stereocenters. The molecule has 1 unspecified atom stereocenters. The Kier molecular flexibility index (Phi) is 6.40. The highest BCUT2D eigenvalue weighted by Crippen LogP contribution is 2.25. The number of rotatable bonds is 5. The van der Waals surface area contributed by atoms with Crippen molar-refractivity contribution in [2.45, 2.75) is 54.4 Å². The molecule has 0 aromatic carbocycles. The summed E-state index contributed by atoms with van der Waals surface area (Å²) < 4.78 is 0. The van der Waals surface area contributed by atoms with Crippen LogP contribution >= 0.6 is 0 Å². The van der Waals surface area contributed by atoms with Crippen LogP contribution < -0.4 is 0 Å². The van der Waals surface area contributed by atoms with E-state index in [0.29, 0.717) is 11.3 Å². The van der Waals surface area contributed by atoms with Crippen molar-refractivity contribution in [3.05, 3.63) is 36.0 Å². The predicted molar refractivity (Wildman–Crippen MR) is 75.6 cm³/mol. The summed E-state index contributed by atoms with van der Waals surface area (Å²) in [5.74, 6) is 0.661. The van der Waals surface area contributed by atoms with E-state index in [1.165, 1.54) is 12.0 Å². The molecule has 0 aromatic rings. The van der Waals surface area contributed by atoms with Crippen LogP contribution in [0.3, 0.4) is 0 Å². The standard InChI is InChI=1S/C16H28/c1-8-14(4)9-10-15(11-13(2)3)12-16(5,6)7/h9-11,14H,2,8,12H2,1,3-7H3/b10-9-,15-11+. The van der Waals surface area contributed by atoms with Crippen LogP contribution in [0.2, 0.25) is 0 Å². The fraction of sp³-hybridized carbons (Fsp3) is 0.625. The molecule has 0 spiro atoms. The summed E-state index contributed by atoms with van der Waals surface area (Å²) in [6, 6.07) is 0. The minimum absolute atomic E-state index is 0.334. The van der Waals surface area contributed by atoms with Gasteiger partial charge < -0.3 is 0 Å². The zero-order chi connectivity index (χ0) is 12.8. The Bertz CT molecular complexity index is 271. The van der Waals surface area contributed by atoms with E-state index in [-0.39, 0.29) is 0 Å². The summed E-state index contributed by atoms with van der Waals surface area (Å²) in [6.07, 6.45) is 9.08. The van der Waals surface area contributed by atoms with Crippen molar-refractivity contribution in [2.24, 2.45) is 11.3 Å². The van der Waals surface area contributed by atoms with Gasteiger partial charge in [-0.2, -0.15) is 0 Å². The second kappa shape index (κ2) is 6.73. The Balaban J connectivity index is 4.70. The minimum atomic E-state index is 0.334. The van der Waals surface area contributed by atoms with Crippen molar-refractivity contribution in [3.63, 3.8) is 0 Å². The topological polar surface area (TPSA) is 0 Å². The predicted octanol–water partition coefficient (Wildman–Crippen LogP) is 5.53. The molecule has 0 aromatic heterocycles. The Morgan fingerprint density at radius 1 is 1.31 bits per heavy atom. The highest BCUT2D eigenvalue weighted by atomic mass is 14.2. The maximum Gasteiger partial charge on any atom is -0.0230 e. The largest absolute Gasteiger partial charge is 0.0961 e. The molecule has 16 heavy (non-hydrogen) atoms. The highest BCUT2D eigenvalue weighted by molar-refractivity contribution is 5.28. The summed E-state index contributed by atoms with van der Waals surface area (Å²) >= 11 is 0. The first kappa shape index (κ1) is 15.2. The van der Waals surface area contributed by atoms with Crippen LogP contribution in [0.25, 0.3) is 0 Å². The molecular formula is C16H28. The van der Waals surface area contributed by atoms with Gasteiger partial charge in [-0.15, -0.1) is 0 Å². The van der Waals surface area contributed by atoms with Crippen LogP contribution in [-0.2, 0) is 0 Å². The Morgan fingerprint density at radius 3 is 2.25 bits per heavy atom. The summed E-state index contributed by atoms with van der Waals surface area (Å²) in [6.45, 7) is 17.3. The average molecular weight is 220 g/mol. The van der Waals surface area contributed by atoms with Crippen molar-refractivity contribution in [1.82, 2.24) is 0 Å². The minimum Gasteiger partial charge on any atom is -0.0961 e. The van der Waals surface area contributed by atoms with Crippen LogP contribution in [0.1, 0.15) is 54.4 Å². The van der Waals surface area contributed by atoms with E-state index in [9.17, 15) is 0 Å². The molecule has 0 aliphatic rings. The molecule has 0 saturated carbocycles. The molecule has 0 N–H and O–H groups in total. The Hall–Kier alpha value is -0.780. The summed E-state index contributed by atoms with van der Waals surface area (Å²) in [5, 5.41) is 0. The maximum atomic E-state index is 3.96. The summed E-state index contributed by atoms with van der Waals surface area (Å²) in [5.41, 5.74) is 2.86. The third-order valence-electron chi connectivity index (χ3n) is 2.45. The van der Waals surface area contributed by atoms with Crippen molar-refractivity contribution >= 4 is 0 Å². The number of hydrogen-bond acceptors (Lipinski definition) is 0. The smallest absolute Gasteiger partial charge is 0.0230 e. The van der Waals surface area contributed by atoms with Gasteiger partial charge in [0.1, 0.15) is 0 Å². The molecule has 0 bridgehead atoms. The van der Waals surface area contributed by atoms with Gasteiger partial charge in [-0.1, -0.05) is 71.4 Å². The van der Waals surface area contributed by atoms with Crippen molar-refractivity contribution in [3.8, 4) is 0 Å². The normalized spacial score (nSPS) is 15.5. The Labute approximate surface area is 102 Å². The van der Waals surface area contributed by atoms with Crippen molar-refractivity contribution in [1.29, 1.82) is 0 Å². The van der Waals surface area contributed by atoms with Crippen molar-refractivity contribution in [2.75, 3.05) is 0 Å². The zero-order valence-corrected chi connectivity index (χ0v) is 11.9. The van der Waals surface area contributed by atoms with E-state index in [0.717, 1.165) is 12.0 Å². The van der Waals surface area contributed by atoms with Gasteiger partial charge in [0.15, 0.2) is 0 Å². The fourth-order valence-electron chi connectivity index (χ4n) is 1.51. The van der Waals surface area contributed by atoms with Crippen LogP contribution in [0, 0.1) is 11.3 Å². The molecule has 0 heterocycles. The first-order chi connectivity index (χ1) is 7.24. The van der Waals surface area contributed by atoms with Gasteiger partial charge in [-0.3, -0.25) is 0 Å². The van der Waals surface area contributed by atoms with Crippen LogP contribution in [0.4, 0.5) is 0 Å². The Morgan fingerprint density at radius 2 is 1.88 bits per heavy atom. The van der Waals surface area contributed by atoms with E-state index >= 15 is 0 Å². The van der Waals surface area contributed by atoms with Gasteiger partial charge in [0.2, 0.25) is 0 Å². The number of allylic oxidation sites excluding steroid dienone is 5. The molecule has 0 heteroatoms. The van der Waals surface area contributed by atoms with Gasteiger partial charge in [0.05, 0.1) is 0 Å². The quantitative estimate of drug-likeness (QED) is 0.535. The lowest BCUT2D eigenvalue weighted by molar-refractivity contribution is 0.413. The van der Waals surface area contributed by atoms with E-state index in [4.69, 9.17) is 0 Å². The highest BCUT2D eigenvalue weighted by Gasteiger charge is 2.11. The molecule has 0 rings (SSSR count). The van der Waals surface area contributed by atoms with E-state index < -0.39 is 0 Å². The first-order valence-electron chi connectivity index (χ1n) is 6.29. The average Bonchev–Trinajstić information content (AvgIpc) is 2.10. The van der Waals surface area contributed by atoms with E-state index in [2.05, 4.69) is 66.3 Å². The third-order valence-corrected chi connectivity index (χ3v) is 2.45. The molecule has 0 saturated heterocycles. The van der Waals surface area contributed by atoms with Gasteiger partial charge in [-0.05, 0) is 30.3 Å². The van der Waals surface area contributed by atoms with Gasteiger partial charge in [0, 0.05) is 0 Å². The molecule has 0 radical (unpaired) electrons. The summed E-state index contributed by atoms with van der Waals surface area (Å²) in [4.78, 5) is 0. The van der Waals surface area contributed by atoms with Gasteiger partial charge >= 0.3 is 0 Å². The second-order valence-corrected chi connectivity index (χ2v) is 6.05. The molecule has 0 fully saturated rings. The van der Waals surface area contributed by atoms with Gasteiger partial charge in [0.25, 0.3) is 0 Å².